The van der Waals surface area contributed by atoms with Crippen molar-refractivity contribution in [2.75, 3.05) is 0 Å². The van der Waals surface area contributed by atoms with Crippen LogP contribution in [-0.2, 0) is 6.42 Å². The fourth-order valence-corrected chi connectivity index (χ4v) is 3.47. The number of thiophene rings is 1. The summed E-state index contributed by atoms with van der Waals surface area (Å²) in [6, 6.07) is 10.8. The lowest BCUT2D eigenvalue weighted by Gasteiger charge is -2.13. The molecule has 0 bridgehead atoms. The summed E-state index contributed by atoms with van der Waals surface area (Å²) in [4.78, 5) is 0. The van der Waals surface area contributed by atoms with Gasteiger partial charge >= 0.3 is 0 Å². The predicted octanol–water partition coefficient (Wildman–Crippen LogP) is 4.60. The number of hydrogen-bond donors (Lipinski definition) is 1. The summed E-state index contributed by atoms with van der Waals surface area (Å²) in [6.45, 7) is 4.49. The fraction of sp³-hybridized carbons (Fsp3) is 0.333. The Morgan fingerprint density at radius 2 is 2.00 bits per heavy atom. The second-order valence-corrected chi connectivity index (χ2v) is 7.81. The molecular weight excluding hydrogens is 353 g/mol. The van der Waals surface area contributed by atoms with Crippen molar-refractivity contribution in [1.29, 1.82) is 0 Å². The first kappa shape index (κ1) is 14.0. The van der Waals surface area contributed by atoms with Crippen molar-refractivity contribution in [1.82, 2.24) is 0 Å². The molecule has 0 aliphatic rings. The largest absolute Gasteiger partial charge is 0.320 e. The Labute approximate surface area is 127 Å². The average molecular weight is 371 g/mol. The van der Waals surface area contributed by atoms with E-state index < -0.39 is 0 Å². The minimum absolute atomic E-state index is 0.00289. The molecule has 18 heavy (non-hydrogen) atoms. The third-order valence-corrected chi connectivity index (χ3v) is 4.71. The Balaban J connectivity index is 2.22. The van der Waals surface area contributed by atoms with E-state index in [1.165, 1.54) is 19.6 Å². The number of nitrogens with two attached hydrogens (primary N) is 1. The summed E-state index contributed by atoms with van der Waals surface area (Å²) in [7, 11) is 0. The molecule has 1 heterocycles. The Bertz CT molecular complexity index is 519. The lowest BCUT2D eigenvalue weighted by atomic mass is 9.96. The van der Waals surface area contributed by atoms with Crippen LogP contribution in [-0.4, -0.2) is 0 Å². The first-order chi connectivity index (χ1) is 8.56. The van der Waals surface area contributed by atoms with Gasteiger partial charge < -0.3 is 5.73 Å². The van der Waals surface area contributed by atoms with Gasteiger partial charge in [0.1, 0.15) is 0 Å². The van der Waals surface area contributed by atoms with Crippen LogP contribution in [0.5, 0.6) is 0 Å². The molecule has 3 heteroatoms. The summed E-state index contributed by atoms with van der Waals surface area (Å²) >= 11 is 4.09. The van der Waals surface area contributed by atoms with Crippen molar-refractivity contribution in [3.63, 3.8) is 0 Å². The van der Waals surface area contributed by atoms with Crippen molar-refractivity contribution in [2.24, 2.45) is 11.7 Å². The molecular formula is C15H18INS. The van der Waals surface area contributed by atoms with Gasteiger partial charge in [0.2, 0.25) is 0 Å². The molecule has 1 aromatic carbocycles. The smallest absolute Gasteiger partial charge is 0.0656 e. The molecule has 1 nitrogen and oxygen atoms in total. The molecule has 0 fully saturated rings. The van der Waals surface area contributed by atoms with Crippen LogP contribution >= 0.6 is 33.9 Å². The van der Waals surface area contributed by atoms with E-state index in [4.69, 9.17) is 5.73 Å². The first-order valence-electron chi connectivity index (χ1n) is 6.14. The van der Waals surface area contributed by atoms with Crippen LogP contribution < -0.4 is 5.73 Å². The van der Waals surface area contributed by atoms with Crippen LogP contribution in [0.2, 0.25) is 0 Å². The molecule has 2 aromatic rings. The normalized spacial score (nSPS) is 12.9. The Morgan fingerprint density at radius 3 is 2.61 bits per heavy atom. The lowest BCUT2D eigenvalue weighted by molar-refractivity contribution is 0.646. The number of rotatable bonds is 4. The average Bonchev–Trinajstić information content (AvgIpc) is 2.74. The van der Waals surface area contributed by atoms with Crippen LogP contribution in [0.4, 0.5) is 0 Å². The SMILES string of the molecule is CC(C)Cc1cccc(C(N)c2csc(I)c2)c1. The zero-order valence-electron chi connectivity index (χ0n) is 10.7. The summed E-state index contributed by atoms with van der Waals surface area (Å²) in [5.41, 5.74) is 10.1. The van der Waals surface area contributed by atoms with Gasteiger partial charge in [-0.05, 0) is 63.1 Å². The minimum atomic E-state index is -0.00289. The summed E-state index contributed by atoms with van der Waals surface area (Å²) in [6.07, 6.45) is 1.11. The van der Waals surface area contributed by atoms with E-state index in [1.54, 1.807) is 11.3 Å². The van der Waals surface area contributed by atoms with E-state index in [9.17, 15) is 0 Å². The van der Waals surface area contributed by atoms with Gasteiger partial charge in [-0.3, -0.25) is 0 Å². The van der Waals surface area contributed by atoms with Crippen LogP contribution in [0, 0.1) is 8.80 Å². The van der Waals surface area contributed by atoms with Crippen molar-refractivity contribution in [3.05, 3.63) is 55.3 Å². The molecule has 96 valence electrons. The van der Waals surface area contributed by atoms with Crippen LogP contribution in [0.25, 0.3) is 0 Å². The minimum Gasteiger partial charge on any atom is -0.320 e. The second-order valence-electron chi connectivity index (χ2n) is 5.00. The Hall–Kier alpha value is -0.390. The molecule has 0 saturated heterocycles. The van der Waals surface area contributed by atoms with E-state index in [0.717, 1.165) is 6.42 Å². The van der Waals surface area contributed by atoms with Crippen LogP contribution in [0.15, 0.2) is 35.7 Å². The highest BCUT2D eigenvalue weighted by atomic mass is 127. The quantitative estimate of drug-likeness (QED) is 0.781. The number of benzene rings is 1. The standard InChI is InChI=1S/C15H18INS/c1-10(2)6-11-4-3-5-12(7-11)15(17)13-8-14(16)18-9-13/h3-5,7-10,15H,6,17H2,1-2H3. The van der Waals surface area contributed by atoms with E-state index in [2.05, 4.69) is 72.2 Å². The molecule has 0 radical (unpaired) electrons. The van der Waals surface area contributed by atoms with E-state index in [-0.39, 0.29) is 6.04 Å². The number of hydrogen-bond acceptors (Lipinski definition) is 2. The highest BCUT2D eigenvalue weighted by Crippen LogP contribution is 2.26. The van der Waals surface area contributed by atoms with Gasteiger partial charge in [0.25, 0.3) is 0 Å². The maximum absolute atomic E-state index is 6.33. The third kappa shape index (κ3) is 3.56. The van der Waals surface area contributed by atoms with Gasteiger partial charge in [0, 0.05) is 0 Å². The van der Waals surface area contributed by atoms with Crippen molar-refractivity contribution in [2.45, 2.75) is 26.3 Å². The van der Waals surface area contributed by atoms with Crippen molar-refractivity contribution >= 4 is 33.9 Å². The predicted molar refractivity (Wildman–Crippen MR) is 88.1 cm³/mol. The molecule has 0 aliphatic carbocycles. The Kier molecular flexibility index (Phi) is 4.81. The highest BCUT2D eigenvalue weighted by Gasteiger charge is 2.11. The van der Waals surface area contributed by atoms with Gasteiger partial charge in [-0.1, -0.05) is 38.1 Å². The van der Waals surface area contributed by atoms with E-state index in [1.807, 2.05) is 0 Å². The molecule has 0 saturated carbocycles. The monoisotopic (exact) mass is 371 g/mol. The van der Waals surface area contributed by atoms with Crippen molar-refractivity contribution < 1.29 is 0 Å². The second kappa shape index (κ2) is 6.17. The lowest BCUT2D eigenvalue weighted by Crippen LogP contribution is -2.11. The highest BCUT2D eigenvalue weighted by molar-refractivity contribution is 14.1. The van der Waals surface area contributed by atoms with Crippen molar-refractivity contribution in [3.8, 4) is 0 Å². The topological polar surface area (TPSA) is 26.0 Å². The fourth-order valence-electron chi connectivity index (χ4n) is 2.06. The third-order valence-electron chi connectivity index (χ3n) is 2.90. The summed E-state index contributed by atoms with van der Waals surface area (Å²) < 4.78 is 1.29. The maximum Gasteiger partial charge on any atom is 0.0656 e. The van der Waals surface area contributed by atoms with Crippen LogP contribution in [0.3, 0.4) is 0 Å². The maximum atomic E-state index is 6.33. The van der Waals surface area contributed by atoms with Gasteiger partial charge in [-0.2, -0.15) is 0 Å². The van der Waals surface area contributed by atoms with Gasteiger partial charge in [0.05, 0.1) is 8.93 Å². The van der Waals surface area contributed by atoms with Gasteiger partial charge in [-0.15, -0.1) is 11.3 Å². The molecule has 0 amide bonds. The van der Waals surface area contributed by atoms with Crippen LogP contribution in [0.1, 0.15) is 36.6 Å². The summed E-state index contributed by atoms with van der Waals surface area (Å²) in [5.74, 6) is 0.679. The zero-order chi connectivity index (χ0) is 13.1. The van der Waals surface area contributed by atoms with E-state index >= 15 is 0 Å². The molecule has 1 unspecified atom stereocenters. The van der Waals surface area contributed by atoms with Gasteiger partial charge in [-0.25, -0.2) is 0 Å². The molecule has 1 atom stereocenters. The Morgan fingerprint density at radius 1 is 1.22 bits per heavy atom. The molecule has 1 aromatic heterocycles. The molecule has 0 aliphatic heterocycles. The van der Waals surface area contributed by atoms with E-state index in [0.29, 0.717) is 5.92 Å². The molecule has 2 N–H and O–H groups in total. The molecule has 0 spiro atoms. The number of halogens is 1. The summed E-state index contributed by atoms with van der Waals surface area (Å²) in [5, 5.41) is 2.15. The molecule has 2 rings (SSSR count). The first-order valence-corrected chi connectivity index (χ1v) is 8.10. The zero-order valence-corrected chi connectivity index (χ0v) is 13.7. The van der Waals surface area contributed by atoms with Gasteiger partial charge in [0.15, 0.2) is 0 Å².